The summed E-state index contributed by atoms with van der Waals surface area (Å²) in [5.41, 5.74) is 5.04. The number of rotatable bonds is 10. The van der Waals surface area contributed by atoms with Crippen molar-refractivity contribution in [3.8, 4) is 28.4 Å². The maximum absolute atomic E-state index is 13.4. The number of nitrogens with zero attached hydrogens (tertiary/aromatic N) is 2. The third kappa shape index (κ3) is 11.7. The van der Waals surface area contributed by atoms with Crippen molar-refractivity contribution in [1.29, 1.82) is 0 Å². The molecule has 0 aromatic heterocycles. The molecule has 0 radical (unpaired) electrons. The molecule has 5 aromatic rings. The van der Waals surface area contributed by atoms with Crippen LogP contribution in [0.4, 0.5) is 26.3 Å². The molecule has 0 fully saturated rings. The molecule has 0 N–H and O–H groups in total. The largest absolute Gasteiger partial charge is 0.497 e. The van der Waals surface area contributed by atoms with Crippen LogP contribution in [0.15, 0.2) is 107 Å². The molecule has 0 spiro atoms. The minimum absolute atomic E-state index is 0.167. The SMILES string of the molecule is COc1cccc(-c2ccc3c(c2)CN(C(=O)c2cc(S(C)(=O)=O)ccc2OC(C)C(F)(F)F)C3)c1.C[C@H](Oc1ccc(S(C)(=O)=O)cc1C(=O)N1Cc2ccc(I)cc2C1)C(F)(F)F. The topological polar surface area (TPSA) is 137 Å². The summed E-state index contributed by atoms with van der Waals surface area (Å²) in [6.07, 6.45) is -11.7. The Balaban J connectivity index is 0.000000221. The van der Waals surface area contributed by atoms with Crippen molar-refractivity contribution in [2.45, 2.75) is 74.4 Å². The highest BCUT2D eigenvalue weighted by Gasteiger charge is 2.40. The number of fused-ring (bicyclic) bond motifs is 2. The van der Waals surface area contributed by atoms with Crippen LogP contribution in [0.25, 0.3) is 11.1 Å². The summed E-state index contributed by atoms with van der Waals surface area (Å²) >= 11 is 2.15. The Bertz CT molecular complexity index is 2870. The molecular formula is C45H41F6IN2O9S2. The minimum atomic E-state index is -4.66. The van der Waals surface area contributed by atoms with Crippen molar-refractivity contribution in [2.75, 3.05) is 19.6 Å². The molecule has 346 valence electrons. The molecule has 2 aliphatic heterocycles. The minimum Gasteiger partial charge on any atom is -0.497 e. The maximum atomic E-state index is 13.4. The lowest BCUT2D eigenvalue weighted by Gasteiger charge is -2.22. The van der Waals surface area contributed by atoms with Crippen LogP contribution in [-0.2, 0) is 45.9 Å². The summed E-state index contributed by atoms with van der Waals surface area (Å²) in [5, 5.41) is 0. The van der Waals surface area contributed by atoms with Gasteiger partial charge in [-0.25, -0.2) is 16.8 Å². The number of halogens is 7. The van der Waals surface area contributed by atoms with Gasteiger partial charge in [-0.05, 0) is 137 Å². The molecule has 2 atom stereocenters. The van der Waals surface area contributed by atoms with Crippen LogP contribution in [0, 0.1) is 3.57 Å². The summed E-state index contributed by atoms with van der Waals surface area (Å²) < 4.78 is 142. The Morgan fingerprint density at radius 1 is 0.585 bits per heavy atom. The normalized spacial score (nSPS) is 14.7. The Morgan fingerprint density at radius 3 is 1.46 bits per heavy atom. The summed E-state index contributed by atoms with van der Waals surface area (Å²) in [7, 11) is -5.79. The van der Waals surface area contributed by atoms with E-state index in [0.29, 0.717) is 5.75 Å². The van der Waals surface area contributed by atoms with Gasteiger partial charge in [-0.15, -0.1) is 0 Å². The first kappa shape index (κ1) is 49.1. The molecule has 20 heteroatoms. The third-order valence-electron chi connectivity index (χ3n) is 10.5. The first-order chi connectivity index (χ1) is 30.2. The number of alkyl halides is 6. The number of carbonyl (C=O) groups is 2. The first-order valence-corrected chi connectivity index (χ1v) is 24.4. The standard InChI is InChI=1S/C26H24F3NO5S.C19H17F3INO4S/c1-16(26(27,28)29)35-24-10-9-22(36(3,32)33)13-23(24)25(31)30-14-19-8-7-18(11-20(19)15-30)17-5-4-6-21(12-17)34-2;1-11(19(20,21)22)28-17-6-5-15(29(2,26)27)8-16(17)18(25)24-9-12-3-4-14(23)7-13(12)10-24/h4-13,16H,14-15H2,1-3H3;3-8,11H,9-10H2,1-2H3/t;11-/m.0/s1. The van der Waals surface area contributed by atoms with Crippen molar-refractivity contribution < 1.29 is 67.0 Å². The van der Waals surface area contributed by atoms with Crippen molar-refractivity contribution in [1.82, 2.24) is 9.80 Å². The van der Waals surface area contributed by atoms with Gasteiger partial charge in [-0.3, -0.25) is 9.59 Å². The second-order valence-electron chi connectivity index (χ2n) is 15.4. The number of ether oxygens (including phenoxy) is 3. The third-order valence-corrected chi connectivity index (χ3v) is 13.4. The fourth-order valence-corrected chi connectivity index (χ4v) is 8.75. The monoisotopic (exact) mass is 1060 g/mol. The van der Waals surface area contributed by atoms with E-state index < -0.39 is 56.0 Å². The zero-order valence-corrected chi connectivity index (χ0v) is 39.0. The van der Waals surface area contributed by atoms with E-state index in [-0.39, 0.29) is 58.6 Å². The van der Waals surface area contributed by atoms with Crippen molar-refractivity contribution in [3.05, 3.63) is 134 Å². The van der Waals surface area contributed by atoms with Crippen LogP contribution >= 0.6 is 22.6 Å². The molecule has 65 heavy (non-hydrogen) atoms. The van der Waals surface area contributed by atoms with Gasteiger partial charge in [-0.1, -0.05) is 30.3 Å². The van der Waals surface area contributed by atoms with E-state index in [1.54, 1.807) is 7.11 Å². The molecule has 0 bridgehead atoms. The van der Waals surface area contributed by atoms with Crippen molar-refractivity contribution >= 4 is 54.1 Å². The number of sulfone groups is 2. The zero-order valence-electron chi connectivity index (χ0n) is 35.3. The number of benzene rings is 5. The second kappa shape index (κ2) is 18.9. The number of methoxy groups -OCH3 is 1. The summed E-state index contributed by atoms with van der Waals surface area (Å²) in [4.78, 5) is 29.1. The maximum Gasteiger partial charge on any atom is 0.425 e. The molecule has 0 saturated carbocycles. The molecule has 1 unspecified atom stereocenters. The first-order valence-electron chi connectivity index (χ1n) is 19.5. The van der Waals surface area contributed by atoms with Crippen LogP contribution < -0.4 is 14.2 Å². The molecule has 2 aliphatic rings. The van der Waals surface area contributed by atoms with E-state index in [9.17, 15) is 52.8 Å². The number of carbonyl (C=O) groups excluding carboxylic acids is 2. The number of hydrogen-bond acceptors (Lipinski definition) is 9. The van der Waals surface area contributed by atoms with E-state index in [0.717, 1.165) is 99.7 Å². The fourth-order valence-electron chi connectivity index (χ4n) is 6.90. The van der Waals surface area contributed by atoms with Crippen molar-refractivity contribution in [2.24, 2.45) is 0 Å². The van der Waals surface area contributed by atoms with Crippen molar-refractivity contribution in [3.63, 3.8) is 0 Å². The van der Waals surface area contributed by atoms with E-state index in [1.807, 2.05) is 60.7 Å². The lowest BCUT2D eigenvalue weighted by molar-refractivity contribution is -0.189. The van der Waals surface area contributed by atoms with Gasteiger partial charge in [0, 0.05) is 42.3 Å². The highest BCUT2D eigenvalue weighted by molar-refractivity contribution is 14.1. The second-order valence-corrected chi connectivity index (χ2v) is 20.7. The Morgan fingerprint density at radius 2 is 1.02 bits per heavy atom. The molecular weight excluding hydrogens is 1020 g/mol. The molecule has 0 aliphatic carbocycles. The summed E-state index contributed by atoms with van der Waals surface area (Å²) in [6, 6.07) is 25.6. The molecule has 5 aromatic carbocycles. The van der Waals surface area contributed by atoms with E-state index in [2.05, 4.69) is 22.6 Å². The van der Waals surface area contributed by atoms with Crippen LogP contribution in [0.3, 0.4) is 0 Å². The number of amides is 2. The predicted octanol–water partition coefficient (Wildman–Crippen LogP) is 9.43. The average Bonchev–Trinajstić information content (AvgIpc) is 3.86. The lowest BCUT2D eigenvalue weighted by Crippen LogP contribution is -2.32. The van der Waals surface area contributed by atoms with Gasteiger partial charge >= 0.3 is 12.4 Å². The highest BCUT2D eigenvalue weighted by atomic mass is 127. The summed E-state index contributed by atoms with van der Waals surface area (Å²) in [5.74, 6) is -1.14. The Hall–Kier alpha value is -5.35. The van der Waals surface area contributed by atoms with Gasteiger partial charge in [0.05, 0.1) is 28.0 Å². The predicted molar refractivity (Wildman–Crippen MR) is 236 cm³/mol. The van der Waals surface area contributed by atoms with Crippen LogP contribution in [-0.4, -0.2) is 82.6 Å². The van der Waals surface area contributed by atoms with E-state index in [4.69, 9.17) is 14.2 Å². The molecule has 7 rings (SSSR count). The average molecular weight is 1060 g/mol. The fraction of sp³-hybridized carbons (Fsp3) is 0.289. The quantitative estimate of drug-likeness (QED) is 0.0990. The van der Waals surface area contributed by atoms with Gasteiger partial charge in [0.25, 0.3) is 11.8 Å². The molecule has 0 saturated heterocycles. The molecule has 2 heterocycles. The molecule has 11 nitrogen and oxygen atoms in total. The van der Waals surface area contributed by atoms with Gasteiger partial charge in [-0.2, -0.15) is 26.3 Å². The Labute approximate surface area is 385 Å². The van der Waals surface area contributed by atoms with Gasteiger partial charge in [0.1, 0.15) is 17.2 Å². The lowest BCUT2D eigenvalue weighted by atomic mass is 10.0. The van der Waals surface area contributed by atoms with Gasteiger partial charge in [0.2, 0.25) is 0 Å². The zero-order chi connectivity index (χ0) is 47.8. The van der Waals surface area contributed by atoms with Gasteiger partial charge in [0.15, 0.2) is 31.9 Å². The highest BCUT2D eigenvalue weighted by Crippen LogP contribution is 2.36. The molecule has 2 amide bonds. The van der Waals surface area contributed by atoms with Crippen LogP contribution in [0.2, 0.25) is 0 Å². The van der Waals surface area contributed by atoms with E-state index in [1.165, 1.54) is 9.80 Å². The smallest absolute Gasteiger partial charge is 0.425 e. The summed E-state index contributed by atoms with van der Waals surface area (Å²) in [6.45, 7) is 2.65. The van der Waals surface area contributed by atoms with E-state index >= 15 is 0 Å². The Kier molecular flexibility index (Phi) is 14.2. The van der Waals surface area contributed by atoms with Gasteiger partial charge < -0.3 is 24.0 Å². The van der Waals surface area contributed by atoms with Crippen LogP contribution in [0.5, 0.6) is 17.2 Å². The van der Waals surface area contributed by atoms with Crippen LogP contribution in [0.1, 0.15) is 56.8 Å². The number of hydrogen-bond donors (Lipinski definition) is 0.